The number of hydrogen-bond donors (Lipinski definition) is 0. The van der Waals surface area contributed by atoms with E-state index in [-0.39, 0.29) is 0 Å². The number of aryl methyl sites for hydroxylation is 3. The van der Waals surface area contributed by atoms with Gasteiger partial charge in [0, 0.05) is 19.8 Å². The average molecular weight is 446 g/mol. The molecule has 0 fully saturated rings. The molecular formula is C23H22F3N3OS. The summed E-state index contributed by atoms with van der Waals surface area (Å²) in [5, 5.41) is 0. The zero-order chi connectivity index (χ0) is 22.0. The molecular weight excluding hydrogens is 423 g/mol. The van der Waals surface area contributed by atoms with E-state index in [0.29, 0.717) is 22.6 Å². The van der Waals surface area contributed by atoms with E-state index in [9.17, 15) is 13.2 Å². The van der Waals surface area contributed by atoms with Crippen LogP contribution >= 0.6 is 11.5 Å². The van der Waals surface area contributed by atoms with E-state index < -0.39 is 11.7 Å². The number of halogens is 3. The molecule has 2 aromatic carbocycles. The Hall–Kier alpha value is -3.00. The molecule has 0 N–H and O–H groups in total. The second-order valence-corrected chi connectivity index (χ2v) is 8.41. The molecule has 2 aliphatic heterocycles. The molecule has 31 heavy (non-hydrogen) atoms. The van der Waals surface area contributed by atoms with E-state index >= 15 is 0 Å². The van der Waals surface area contributed by atoms with Crippen molar-refractivity contribution in [1.82, 2.24) is 13.5 Å². The van der Waals surface area contributed by atoms with E-state index in [2.05, 4.69) is 4.98 Å². The van der Waals surface area contributed by atoms with Crippen molar-refractivity contribution in [3.63, 3.8) is 0 Å². The maximum atomic E-state index is 13.2. The molecule has 2 aliphatic rings. The highest BCUT2D eigenvalue weighted by Crippen LogP contribution is 2.33. The molecule has 0 unspecified atom stereocenters. The largest absolute Gasteiger partial charge is 0.497 e. The first-order valence-corrected chi connectivity index (χ1v) is 10.6. The fourth-order valence-electron chi connectivity index (χ4n) is 3.49. The minimum absolute atomic E-state index is 0.334. The molecule has 2 aromatic rings. The van der Waals surface area contributed by atoms with Gasteiger partial charge in [-0.1, -0.05) is 23.7 Å². The summed E-state index contributed by atoms with van der Waals surface area (Å²) in [6, 6.07) is 15.5. The molecule has 4 rings (SSSR count). The van der Waals surface area contributed by atoms with E-state index in [4.69, 9.17) is 4.74 Å². The summed E-state index contributed by atoms with van der Waals surface area (Å²) < 4.78 is 49.5. The van der Waals surface area contributed by atoms with Gasteiger partial charge in [0.15, 0.2) is 5.82 Å². The van der Waals surface area contributed by atoms with Gasteiger partial charge in [-0.3, -0.25) is 3.96 Å². The number of alkyl halides is 3. The summed E-state index contributed by atoms with van der Waals surface area (Å²) in [6.45, 7) is 0.700. The Bertz CT molecular complexity index is 1200. The molecule has 0 aliphatic carbocycles. The molecule has 0 aromatic heterocycles. The van der Waals surface area contributed by atoms with Crippen molar-refractivity contribution >= 4 is 21.7 Å². The lowest BCUT2D eigenvalue weighted by atomic mass is 10.1. The highest BCUT2D eigenvalue weighted by molar-refractivity contribution is 7.13. The minimum Gasteiger partial charge on any atom is -0.497 e. The van der Waals surface area contributed by atoms with Crippen LogP contribution in [0.5, 0.6) is 5.75 Å². The van der Waals surface area contributed by atoms with E-state index in [1.165, 1.54) is 23.2 Å². The Morgan fingerprint density at radius 3 is 2.55 bits per heavy atom. The van der Waals surface area contributed by atoms with Crippen LogP contribution in [-0.4, -0.2) is 20.6 Å². The monoisotopic (exact) mass is 445 g/mol. The number of aromatic nitrogens is 3. The summed E-state index contributed by atoms with van der Waals surface area (Å²) in [5.41, 5.74) is 1.71. The van der Waals surface area contributed by atoms with Crippen LogP contribution in [0, 0.1) is 0 Å². The third kappa shape index (κ3) is 4.69. The number of pyridine rings is 1. The van der Waals surface area contributed by atoms with Gasteiger partial charge in [-0.2, -0.15) is 13.2 Å². The van der Waals surface area contributed by atoms with Crippen LogP contribution in [-0.2, 0) is 26.2 Å². The predicted octanol–water partition coefficient (Wildman–Crippen LogP) is 6.33. The smallest absolute Gasteiger partial charge is 0.416 e. The second-order valence-electron chi connectivity index (χ2n) is 7.24. The lowest BCUT2D eigenvalue weighted by Crippen LogP contribution is -2.08. The average Bonchev–Trinajstić information content (AvgIpc) is 2.89. The van der Waals surface area contributed by atoms with Gasteiger partial charge in [-0.15, -0.1) is 0 Å². The normalized spacial score (nSPS) is 11.8. The van der Waals surface area contributed by atoms with Crippen LogP contribution in [0.25, 0.3) is 21.7 Å². The highest BCUT2D eigenvalue weighted by atomic mass is 32.1. The Labute approximate surface area is 182 Å². The number of methoxy groups -OCH3 is 1. The van der Waals surface area contributed by atoms with Gasteiger partial charge in [0.25, 0.3) is 0 Å². The lowest BCUT2D eigenvalue weighted by molar-refractivity contribution is -0.137. The first-order valence-electron chi connectivity index (χ1n) is 9.85. The van der Waals surface area contributed by atoms with Crippen molar-refractivity contribution in [2.24, 2.45) is 7.05 Å². The first-order chi connectivity index (χ1) is 14.8. The number of rotatable bonds is 5. The van der Waals surface area contributed by atoms with E-state index in [0.717, 1.165) is 36.4 Å². The summed E-state index contributed by atoms with van der Waals surface area (Å²) >= 11 is 1.37. The van der Waals surface area contributed by atoms with Gasteiger partial charge in [-0.25, -0.2) is 4.98 Å². The third-order valence-electron chi connectivity index (χ3n) is 5.13. The molecule has 0 bridgehead atoms. The fourth-order valence-corrected chi connectivity index (χ4v) is 4.36. The minimum atomic E-state index is -4.40. The van der Waals surface area contributed by atoms with E-state index in [1.807, 2.05) is 58.2 Å². The maximum absolute atomic E-state index is 13.2. The van der Waals surface area contributed by atoms with Crippen molar-refractivity contribution < 1.29 is 17.9 Å². The van der Waals surface area contributed by atoms with E-state index in [1.54, 1.807) is 7.11 Å². The molecule has 0 saturated carbocycles. The Morgan fingerprint density at radius 2 is 1.84 bits per heavy atom. The van der Waals surface area contributed by atoms with Crippen LogP contribution in [0.1, 0.15) is 17.5 Å². The van der Waals surface area contributed by atoms with Crippen LogP contribution in [0.3, 0.4) is 0 Å². The van der Waals surface area contributed by atoms with Gasteiger partial charge in [0.1, 0.15) is 5.75 Å². The van der Waals surface area contributed by atoms with Gasteiger partial charge < -0.3 is 9.30 Å². The Morgan fingerprint density at radius 1 is 1.06 bits per heavy atom. The number of ether oxygens (including phenoxy) is 1. The lowest BCUT2D eigenvalue weighted by Gasteiger charge is -2.14. The number of nitrogens with zero attached hydrogens (tertiary/aromatic N) is 3. The van der Waals surface area contributed by atoms with Gasteiger partial charge >= 0.3 is 6.18 Å². The predicted molar refractivity (Wildman–Crippen MR) is 117 cm³/mol. The number of hydrogen-bond acceptors (Lipinski definition) is 3. The van der Waals surface area contributed by atoms with Crippen molar-refractivity contribution in [2.45, 2.75) is 25.6 Å². The zero-order valence-corrected chi connectivity index (χ0v) is 18.0. The fraction of sp³-hybridized carbons (Fsp3) is 0.261. The molecule has 0 spiro atoms. The molecule has 0 atom stereocenters. The number of benzene rings is 2. The molecule has 162 valence electrons. The van der Waals surface area contributed by atoms with Crippen molar-refractivity contribution in [1.29, 1.82) is 0 Å². The highest BCUT2D eigenvalue weighted by Gasteiger charge is 2.30. The Kier molecular flexibility index (Phi) is 5.91. The number of fused-ring (bicyclic) bond motifs is 2. The summed E-state index contributed by atoms with van der Waals surface area (Å²) in [7, 11) is 3.54. The maximum Gasteiger partial charge on any atom is 0.416 e. The van der Waals surface area contributed by atoms with Gasteiger partial charge in [0.05, 0.1) is 28.6 Å². The SMILES string of the molecule is COc1ccc(CCCn2cccc3n(C)sc4ccc(C(F)(F)F)cc4nc2-3)cc1. The topological polar surface area (TPSA) is 32.0 Å². The van der Waals surface area contributed by atoms with Crippen molar-refractivity contribution in [2.75, 3.05) is 7.11 Å². The first kappa shape index (κ1) is 21.2. The molecule has 0 amide bonds. The van der Waals surface area contributed by atoms with Gasteiger partial charge in [0.2, 0.25) is 0 Å². The standard InChI is InChI=1S/C23H22F3N3OS/c1-28-20-6-4-14-29(13-3-5-16-7-10-18(30-2)11-8-16)22(20)27-19-15-17(23(24,25)26)9-12-21(19)31-28/h4,6-12,14-15H,3,5,13H2,1-2H3. The van der Waals surface area contributed by atoms with Crippen molar-refractivity contribution in [3.05, 3.63) is 71.9 Å². The van der Waals surface area contributed by atoms with Crippen LogP contribution in [0.4, 0.5) is 13.2 Å². The Balaban J connectivity index is 1.68. The summed E-state index contributed by atoms with van der Waals surface area (Å²) in [5.74, 6) is 1.48. The molecule has 0 radical (unpaired) electrons. The van der Waals surface area contributed by atoms with Crippen molar-refractivity contribution in [3.8, 4) is 17.3 Å². The second kappa shape index (κ2) is 8.63. The molecule has 0 saturated heterocycles. The molecule has 4 nitrogen and oxygen atoms in total. The third-order valence-corrected chi connectivity index (χ3v) is 6.14. The van der Waals surface area contributed by atoms with Crippen LogP contribution < -0.4 is 4.74 Å². The van der Waals surface area contributed by atoms with Gasteiger partial charge in [-0.05, 0) is 60.9 Å². The van der Waals surface area contributed by atoms with Crippen LogP contribution in [0.2, 0.25) is 0 Å². The summed E-state index contributed by atoms with van der Waals surface area (Å²) in [6.07, 6.45) is -0.732. The summed E-state index contributed by atoms with van der Waals surface area (Å²) in [4.78, 5) is 4.66. The zero-order valence-electron chi connectivity index (χ0n) is 17.2. The quantitative estimate of drug-likeness (QED) is 0.360. The molecule has 8 heteroatoms. The molecule has 2 heterocycles. The van der Waals surface area contributed by atoms with Crippen LogP contribution in [0.15, 0.2) is 60.8 Å².